The Balaban J connectivity index is 4.39. The summed E-state index contributed by atoms with van der Waals surface area (Å²) in [4.78, 5) is 47.4. The van der Waals surface area contributed by atoms with E-state index >= 15 is 0 Å². The van der Waals surface area contributed by atoms with E-state index in [0.29, 0.717) is 12.8 Å². The number of aliphatic hydroxyl groups is 1. The second-order valence-corrected chi connectivity index (χ2v) is 7.70. The molecule has 0 saturated heterocycles. The number of rotatable bonds is 16. The lowest BCUT2D eigenvalue weighted by Gasteiger charge is -2.22. The van der Waals surface area contributed by atoms with Gasteiger partial charge in [0.2, 0.25) is 0 Å². The van der Waals surface area contributed by atoms with E-state index in [1.807, 2.05) is 20.8 Å². The molecule has 0 bridgehead atoms. The minimum absolute atomic E-state index is 0.0218. The highest BCUT2D eigenvalue weighted by atomic mass is 16.6. The largest absolute Gasteiger partial charge is 0.463 e. The number of hydrogen-bond acceptors (Lipinski definition) is 9. The Morgan fingerprint density at radius 2 is 1.47 bits per heavy atom. The van der Waals surface area contributed by atoms with Crippen molar-refractivity contribution in [1.29, 1.82) is 0 Å². The van der Waals surface area contributed by atoms with Crippen molar-refractivity contribution in [3.05, 3.63) is 12.2 Å². The van der Waals surface area contributed by atoms with Gasteiger partial charge in [0.25, 0.3) is 0 Å². The molecule has 0 rings (SSSR count). The third-order valence-electron chi connectivity index (χ3n) is 4.33. The number of esters is 3. The molecular formula is C22H37NO9. The minimum atomic E-state index is -0.733. The van der Waals surface area contributed by atoms with Crippen LogP contribution >= 0.6 is 0 Å². The molecule has 0 saturated carbocycles. The number of amides is 1. The summed E-state index contributed by atoms with van der Waals surface area (Å²) in [6.45, 7) is 10.2. The van der Waals surface area contributed by atoms with Crippen molar-refractivity contribution >= 4 is 24.0 Å². The molecule has 0 aliphatic heterocycles. The van der Waals surface area contributed by atoms with Crippen LogP contribution in [-0.4, -0.2) is 68.7 Å². The van der Waals surface area contributed by atoms with Gasteiger partial charge >= 0.3 is 24.0 Å². The average Bonchev–Trinajstić information content (AvgIpc) is 2.74. The van der Waals surface area contributed by atoms with Crippen molar-refractivity contribution in [3.63, 3.8) is 0 Å². The zero-order valence-electron chi connectivity index (χ0n) is 19.5. The van der Waals surface area contributed by atoms with Gasteiger partial charge < -0.3 is 29.4 Å². The molecule has 184 valence electrons. The maximum atomic E-state index is 12.5. The Labute approximate surface area is 189 Å². The van der Waals surface area contributed by atoms with Crippen LogP contribution in [0.5, 0.6) is 0 Å². The number of nitrogens with one attached hydrogen (secondary N) is 1. The lowest BCUT2D eigenvalue weighted by atomic mass is 9.87. The van der Waals surface area contributed by atoms with E-state index < -0.39 is 35.8 Å². The zero-order valence-corrected chi connectivity index (χ0v) is 19.5. The molecule has 0 spiro atoms. The van der Waals surface area contributed by atoms with Gasteiger partial charge in [-0.1, -0.05) is 27.4 Å². The van der Waals surface area contributed by atoms with Gasteiger partial charge in [-0.25, -0.2) is 9.59 Å². The van der Waals surface area contributed by atoms with E-state index in [1.165, 1.54) is 6.92 Å². The van der Waals surface area contributed by atoms with E-state index in [1.54, 1.807) is 0 Å². The molecule has 0 aromatic carbocycles. The van der Waals surface area contributed by atoms with E-state index in [2.05, 4.69) is 11.9 Å². The van der Waals surface area contributed by atoms with E-state index in [-0.39, 0.29) is 57.5 Å². The molecule has 0 aliphatic carbocycles. The number of ether oxygens (including phenoxy) is 4. The Kier molecular flexibility index (Phi) is 15.6. The first-order valence-electron chi connectivity index (χ1n) is 10.8. The van der Waals surface area contributed by atoms with Crippen molar-refractivity contribution in [3.8, 4) is 0 Å². The molecule has 1 amide bonds. The number of carbonyl (C=O) groups is 4. The standard InChI is InChI=1S/C22H37NO9/c1-6-17(20(26)30-10-8-24)14-18(13-15(2)3)21(27)31-11-12-32-22(28)23-7-9-29-19(25)16(4)5/h15,17-18,24H,4,6-14H2,1-3,5H3,(H,23,28). The lowest BCUT2D eigenvalue weighted by molar-refractivity contribution is -0.154. The fourth-order valence-electron chi connectivity index (χ4n) is 2.76. The van der Waals surface area contributed by atoms with Crippen LogP contribution in [0.2, 0.25) is 0 Å². The molecule has 0 aromatic rings. The van der Waals surface area contributed by atoms with Crippen molar-refractivity contribution < 1.29 is 43.2 Å². The van der Waals surface area contributed by atoms with Gasteiger partial charge in [-0.3, -0.25) is 9.59 Å². The highest BCUT2D eigenvalue weighted by Crippen LogP contribution is 2.24. The maximum Gasteiger partial charge on any atom is 0.407 e. The molecule has 0 radical (unpaired) electrons. The predicted octanol–water partition coefficient (Wildman–Crippen LogP) is 1.99. The van der Waals surface area contributed by atoms with Gasteiger partial charge in [0.15, 0.2) is 0 Å². The van der Waals surface area contributed by atoms with Gasteiger partial charge in [-0.2, -0.15) is 0 Å². The van der Waals surface area contributed by atoms with Gasteiger partial charge in [0, 0.05) is 5.57 Å². The van der Waals surface area contributed by atoms with Crippen molar-refractivity contribution in [2.75, 3.05) is 39.6 Å². The summed E-state index contributed by atoms with van der Waals surface area (Å²) in [5.74, 6) is -2.23. The maximum absolute atomic E-state index is 12.5. The summed E-state index contributed by atoms with van der Waals surface area (Å²) in [7, 11) is 0. The minimum Gasteiger partial charge on any atom is -0.463 e. The second kappa shape index (κ2) is 17.0. The molecule has 2 N–H and O–H groups in total. The first-order valence-corrected chi connectivity index (χ1v) is 10.8. The molecule has 2 atom stereocenters. The van der Waals surface area contributed by atoms with Gasteiger partial charge in [0.1, 0.15) is 26.4 Å². The Morgan fingerprint density at radius 3 is 2.03 bits per heavy atom. The highest BCUT2D eigenvalue weighted by molar-refractivity contribution is 5.86. The number of carbonyl (C=O) groups excluding carboxylic acids is 4. The van der Waals surface area contributed by atoms with Crippen LogP contribution in [0.3, 0.4) is 0 Å². The van der Waals surface area contributed by atoms with E-state index in [9.17, 15) is 19.2 Å². The third-order valence-corrected chi connectivity index (χ3v) is 4.33. The Bertz CT molecular complexity index is 619. The summed E-state index contributed by atoms with van der Waals surface area (Å²) >= 11 is 0. The lowest BCUT2D eigenvalue weighted by Crippen LogP contribution is -2.30. The molecule has 10 nitrogen and oxygen atoms in total. The monoisotopic (exact) mass is 459 g/mol. The zero-order chi connectivity index (χ0) is 24.5. The first-order chi connectivity index (χ1) is 15.1. The summed E-state index contributed by atoms with van der Waals surface area (Å²) < 4.78 is 19.9. The van der Waals surface area contributed by atoms with Crippen LogP contribution in [0.25, 0.3) is 0 Å². The van der Waals surface area contributed by atoms with E-state index in [0.717, 1.165) is 0 Å². The smallest absolute Gasteiger partial charge is 0.407 e. The summed E-state index contributed by atoms with van der Waals surface area (Å²) in [6.07, 6.45) is 0.579. The van der Waals surface area contributed by atoms with Crippen LogP contribution in [0, 0.1) is 17.8 Å². The van der Waals surface area contributed by atoms with Crippen LogP contribution in [0.1, 0.15) is 47.0 Å². The Morgan fingerprint density at radius 1 is 0.875 bits per heavy atom. The molecule has 0 aromatic heterocycles. The molecule has 0 heterocycles. The van der Waals surface area contributed by atoms with Crippen LogP contribution in [0.4, 0.5) is 4.79 Å². The molecule has 2 unspecified atom stereocenters. The quantitative estimate of drug-likeness (QED) is 0.154. The number of aliphatic hydroxyl groups excluding tert-OH is 1. The summed E-state index contributed by atoms with van der Waals surface area (Å²) in [5, 5.41) is 11.2. The fraction of sp³-hybridized carbons (Fsp3) is 0.727. The van der Waals surface area contributed by atoms with Gasteiger partial charge in [-0.15, -0.1) is 0 Å². The predicted molar refractivity (Wildman–Crippen MR) is 115 cm³/mol. The van der Waals surface area contributed by atoms with Crippen molar-refractivity contribution in [1.82, 2.24) is 5.32 Å². The Hall–Kier alpha value is -2.62. The molecular weight excluding hydrogens is 422 g/mol. The van der Waals surface area contributed by atoms with Crippen LogP contribution in [0.15, 0.2) is 12.2 Å². The molecule has 32 heavy (non-hydrogen) atoms. The number of alkyl carbamates (subject to hydrolysis) is 1. The summed E-state index contributed by atoms with van der Waals surface area (Å²) in [5.41, 5.74) is 0.262. The van der Waals surface area contributed by atoms with E-state index in [4.69, 9.17) is 24.1 Å². The SMILES string of the molecule is C=C(C)C(=O)OCCNC(=O)OCCOC(=O)C(CC(C)C)CC(CC)C(=O)OCCO. The van der Waals surface area contributed by atoms with Crippen molar-refractivity contribution in [2.45, 2.75) is 47.0 Å². The molecule has 0 fully saturated rings. The molecule has 0 aliphatic rings. The fourth-order valence-corrected chi connectivity index (χ4v) is 2.76. The second-order valence-electron chi connectivity index (χ2n) is 7.70. The average molecular weight is 460 g/mol. The highest BCUT2D eigenvalue weighted by Gasteiger charge is 2.29. The first kappa shape index (κ1) is 29.4. The summed E-state index contributed by atoms with van der Waals surface area (Å²) in [6, 6.07) is 0. The topological polar surface area (TPSA) is 137 Å². The number of hydrogen-bond donors (Lipinski definition) is 2. The van der Waals surface area contributed by atoms with Crippen molar-refractivity contribution in [2.24, 2.45) is 17.8 Å². The normalized spacial score (nSPS) is 12.4. The van der Waals surface area contributed by atoms with Crippen LogP contribution < -0.4 is 5.32 Å². The third kappa shape index (κ3) is 13.6. The molecule has 10 heteroatoms. The van der Waals surface area contributed by atoms with Crippen LogP contribution in [-0.2, 0) is 33.3 Å². The van der Waals surface area contributed by atoms with Gasteiger partial charge in [0.05, 0.1) is 25.0 Å². The van der Waals surface area contributed by atoms with Gasteiger partial charge in [-0.05, 0) is 32.1 Å².